The van der Waals surface area contributed by atoms with Gasteiger partial charge in [-0.3, -0.25) is 0 Å². The zero-order valence-electron chi connectivity index (χ0n) is 57.8. The first-order chi connectivity index (χ1) is 41.4. The first-order valence-corrected chi connectivity index (χ1v) is 37.4. The Morgan fingerprint density at radius 1 is 0.365 bits per heavy atom. The SMILES string of the molecule is CCCCCCCCCCCCCC=CCC(CCCCCC)CCc1ccccc1C1=CC(CCCCCC)=C(c2ccccc2CCC(CC=CCCCCCCCCCCCCC)CCCCCC)[N+]1=[N-].[CH2-]CCCC.[CH2-]CCCC.[Ni+2]. The van der Waals surface area contributed by atoms with Crippen LogP contribution in [0.4, 0.5) is 0 Å². The van der Waals surface area contributed by atoms with E-state index in [9.17, 15) is 5.53 Å². The summed E-state index contributed by atoms with van der Waals surface area (Å²) in [6.45, 7) is 23.3. The zero-order chi connectivity index (χ0) is 61.0. The van der Waals surface area contributed by atoms with Gasteiger partial charge in [-0.15, -0.1) is 0 Å². The molecule has 2 aromatic rings. The molecule has 2 unspecified atom stereocenters. The molecule has 0 bridgehead atoms. The zero-order valence-corrected chi connectivity index (χ0v) is 58.8. The van der Waals surface area contributed by atoms with E-state index in [0.29, 0.717) is 11.8 Å². The van der Waals surface area contributed by atoms with Crippen LogP contribution in [0.5, 0.6) is 0 Å². The molecule has 0 aliphatic carbocycles. The van der Waals surface area contributed by atoms with Gasteiger partial charge in [-0.2, -0.15) is 12.8 Å². The third kappa shape index (κ3) is 44.6. The molecule has 3 rings (SSSR count). The molecule has 3 heteroatoms. The summed E-state index contributed by atoms with van der Waals surface area (Å²) in [6.07, 6.45) is 79.3. The Kier molecular flexibility index (Phi) is 61.2. The van der Waals surface area contributed by atoms with Crippen molar-refractivity contribution >= 4 is 11.4 Å². The molecule has 2 aromatic carbocycles. The molecule has 1 aliphatic heterocycles. The topological polar surface area (TPSA) is 25.3 Å². The summed E-state index contributed by atoms with van der Waals surface area (Å²) in [5, 5.41) is 0. The first-order valence-electron chi connectivity index (χ1n) is 37.4. The molecule has 2 atom stereocenters. The second-order valence-corrected chi connectivity index (χ2v) is 25.8. The van der Waals surface area contributed by atoms with Crippen molar-refractivity contribution in [2.75, 3.05) is 0 Å². The van der Waals surface area contributed by atoms with Gasteiger partial charge in [0.15, 0.2) is 0 Å². The van der Waals surface area contributed by atoms with Gasteiger partial charge >= 0.3 is 16.5 Å². The number of allylic oxidation sites excluding steroid dienone is 6. The fraction of sp³-hybridized carbons (Fsp3) is 0.732. The van der Waals surface area contributed by atoms with Gasteiger partial charge in [0.2, 0.25) is 11.4 Å². The van der Waals surface area contributed by atoms with Crippen molar-refractivity contribution in [1.29, 1.82) is 0 Å². The Bertz CT molecular complexity index is 1870. The quantitative estimate of drug-likeness (QED) is 0.0207. The average Bonchev–Trinajstić information content (AvgIpc) is 2.02. The Hall–Kier alpha value is -2.51. The molecule has 0 N–H and O–H groups in total. The van der Waals surface area contributed by atoms with Crippen LogP contribution >= 0.6 is 0 Å². The van der Waals surface area contributed by atoms with E-state index in [1.165, 1.54) is 317 Å². The van der Waals surface area contributed by atoms with Crippen molar-refractivity contribution in [1.82, 2.24) is 0 Å². The minimum Gasteiger partial charge on any atom is -0.493 e. The standard InChI is InChI=1S/C72H120N2.2C5H11.Ni/c1-6-11-16-21-23-25-27-29-31-33-35-37-39-43-52-64(50-41-18-13-8-3)59-61-66-54-46-48-57-69(66)71-63-68(56-45-20-15-10-5)72(74(71)73)70-58-49-47-55-67(70)62-60-65(51-42-19-14-9-4)53-44-40-38-36-34-32-30-28-26-24-22-17-12-7-2;2*1-3-5-4-2;/h39-40,43-44,46-49,54-55,57-58,63-65H,6-38,41-42,45,50-53,56,59-62H2,1-5H3;2*1,3-5H2,2H3;/q;2*-1;+2. The molecule has 1 aliphatic rings. The van der Waals surface area contributed by atoms with Gasteiger partial charge in [-0.05, 0) is 112 Å². The maximum atomic E-state index is 12.5. The number of hydrogen-bond donors (Lipinski definition) is 0. The summed E-state index contributed by atoms with van der Waals surface area (Å²) >= 11 is 0. The van der Waals surface area contributed by atoms with Crippen molar-refractivity contribution in [3.8, 4) is 0 Å². The van der Waals surface area contributed by atoms with Gasteiger partial charge in [0.1, 0.15) is 0 Å². The van der Waals surface area contributed by atoms with Crippen LogP contribution in [0.2, 0.25) is 0 Å². The fourth-order valence-electron chi connectivity index (χ4n) is 12.3. The monoisotopic (exact) mass is 1210 g/mol. The van der Waals surface area contributed by atoms with Crippen molar-refractivity contribution in [3.63, 3.8) is 0 Å². The molecule has 0 fully saturated rings. The van der Waals surface area contributed by atoms with Crippen LogP contribution < -0.4 is 0 Å². The van der Waals surface area contributed by atoms with E-state index in [4.69, 9.17) is 0 Å². The number of unbranched alkanes of at least 4 members (excludes halogenated alkanes) is 35. The predicted octanol–water partition coefficient (Wildman–Crippen LogP) is 28.8. The van der Waals surface area contributed by atoms with Gasteiger partial charge in [0, 0.05) is 22.8 Å². The maximum Gasteiger partial charge on any atom is 2.00 e. The van der Waals surface area contributed by atoms with E-state index in [1.54, 1.807) is 4.70 Å². The molecule has 0 amide bonds. The minimum atomic E-state index is 0. The normalized spacial score (nSPS) is 13.0. The summed E-state index contributed by atoms with van der Waals surface area (Å²) < 4.78 is 1.62. The molecule has 0 aromatic heterocycles. The van der Waals surface area contributed by atoms with Gasteiger partial charge in [0.05, 0.1) is 0 Å². The van der Waals surface area contributed by atoms with E-state index in [1.807, 2.05) is 0 Å². The second-order valence-electron chi connectivity index (χ2n) is 25.8. The molecule has 0 spiro atoms. The van der Waals surface area contributed by atoms with Gasteiger partial charge in [0.25, 0.3) is 0 Å². The Labute approximate surface area is 543 Å². The molecule has 490 valence electrons. The van der Waals surface area contributed by atoms with E-state index < -0.39 is 0 Å². The van der Waals surface area contributed by atoms with Crippen molar-refractivity contribution in [3.05, 3.63) is 126 Å². The van der Waals surface area contributed by atoms with Crippen LogP contribution in [0.3, 0.4) is 0 Å². The van der Waals surface area contributed by atoms with Crippen LogP contribution in [0.1, 0.15) is 385 Å². The smallest absolute Gasteiger partial charge is 0.493 e. The second kappa shape index (κ2) is 63.1. The molecule has 85 heavy (non-hydrogen) atoms. The van der Waals surface area contributed by atoms with E-state index in [2.05, 4.69) is 141 Å². The van der Waals surface area contributed by atoms with Crippen LogP contribution in [-0.2, 0) is 29.3 Å². The summed E-state index contributed by atoms with van der Waals surface area (Å²) in [5.41, 5.74) is 21.1. The number of aryl methyl sites for hydroxylation is 2. The molecule has 2 nitrogen and oxygen atoms in total. The van der Waals surface area contributed by atoms with E-state index in [0.717, 1.165) is 49.9 Å². The Morgan fingerprint density at radius 3 is 1.07 bits per heavy atom. The Balaban J connectivity index is 0.00000589. The van der Waals surface area contributed by atoms with Crippen LogP contribution in [0.15, 0.2) is 84.5 Å². The Morgan fingerprint density at radius 2 is 0.694 bits per heavy atom. The summed E-state index contributed by atoms with van der Waals surface area (Å²) in [4.78, 5) is 0. The number of nitrogens with zero attached hydrogens (tertiary/aromatic N) is 2. The van der Waals surface area contributed by atoms with E-state index >= 15 is 0 Å². The number of rotatable bonds is 55. The molecular formula is C82H142N2Ni. The maximum absolute atomic E-state index is 12.5. The molecule has 0 saturated heterocycles. The summed E-state index contributed by atoms with van der Waals surface area (Å²) in [7, 11) is 0. The van der Waals surface area contributed by atoms with Crippen molar-refractivity contribution in [2.24, 2.45) is 11.8 Å². The van der Waals surface area contributed by atoms with Crippen LogP contribution in [0.25, 0.3) is 16.9 Å². The third-order valence-electron chi connectivity index (χ3n) is 17.9. The van der Waals surface area contributed by atoms with Gasteiger partial charge in [-0.1, -0.05) is 347 Å². The van der Waals surface area contributed by atoms with E-state index in [-0.39, 0.29) is 16.5 Å². The predicted molar refractivity (Wildman–Crippen MR) is 381 cm³/mol. The van der Waals surface area contributed by atoms with Crippen molar-refractivity contribution < 1.29 is 21.2 Å². The summed E-state index contributed by atoms with van der Waals surface area (Å²) in [6, 6.07) is 18.1. The molecule has 1 heterocycles. The third-order valence-corrected chi connectivity index (χ3v) is 17.9. The average molecular weight is 1210 g/mol. The summed E-state index contributed by atoms with van der Waals surface area (Å²) in [5.74, 6) is 1.40. The first kappa shape index (κ1) is 82.5. The number of benzene rings is 2. The molecule has 0 saturated carbocycles. The fourth-order valence-corrected chi connectivity index (χ4v) is 12.3. The van der Waals surface area contributed by atoms with Gasteiger partial charge < -0.3 is 19.4 Å². The largest absolute Gasteiger partial charge is 2.00 e. The molecule has 0 radical (unpaired) electrons. The van der Waals surface area contributed by atoms with Crippen LogP contribution in [-0.4, -0.2) is 4.70 Å². The van der Waals surface area contributed by atoms with Crippen molar-refractivity contribution in [2.45, 2.75) is 376 Å². The van der Waals surface area contributed by atoms with Gasteiger partial charge in [-0.25, -0.2) is 4.70 Å². The van der Waals surface area contributed by atoms with Crippen LogP contribution in [0, 0.1) is 25.7 Å². The number of hydrogen-bond acceptors (Lipinski definition) is 0. The molecular weight excluding hydrogens is 1070 g/mol. The minimum absolute atomic E-state index is 0.